The molecule has 1 rings (SSSR count). The minimum absolute atomic E-state index is 0.159. The van der Waals surface area contributed by atoms with Gasteiger partial charge in [0, 0.05) is 4.47 Å². The summed E-state index contributed by atoms with van der Waals surface area (Å²) in [4.78, 5) is 11.4. The lowest BCUT2D eigenvalue weighted by Gasteiger charge is -2.14. The first-order valence-electron chi connectivity index (χ1n) is 4.62. The van der Waals surface area contributed by atoms with E-state index in [2.05, 4.69) is 15.9 Å². The Kier molecular flexibility index (Phi) is 3.91. The van der Waals surface area contributed by atoms with Crippen LogP contribution in [0.3, 0.4) is 0 Å². The van der Waals surface area contributed by atoms with Crippen LogP contribution < -0.4 is 10.5 Å². The first kappa shape index (κ1) is 12.5. The summed E-state index contributed by atoms with van der Waals surface area (Å²) in [6, 6.07) is 5.17. The molecule has 0 radical (unpaired) electrons. The van der Waals surface area contributed by atoms with Crippen LogP contribution in [0.2, 0.25) is 0 Å². The van der Waals surface area contributed by atoms with Crippen molar-refractivity contribution in [3.8, 4) is 11.8 Å². The highest BCUT2D eigenvalue weighted by molar-refractivity contribution is 9.10. The molecule has 0 spiro atoms. The fourth-order valence-electron chi connectivity index (χ4n) is 1.21. The largest absolute Gasteiger partial charge is 0.473 e. The van der Waals surface area contributed by atoms with Crippen molar-refractivity contribution in [3.63, 3.8) is 0 Å². The fraction of sp³-hybridized carbons (Fsp3) is 0.273. The highest BCUT2D eigenvalue weighted by Gasteiger charge is 2.15. The second-order valence-electron chi connectivity index (χ2n) is 3.32. The number of ether oxygens (including phenoxy) is 1. The average Bonchev–Trinajstić information content (AvgIpc) is 2.20. The number of rotatable bonds is 3. The molecule has 0 saturated heterocycles. The number of carbonyl (C=O) groups is 1. The van der Waals surface area contributed by atoms with E-state index >= 15 is 0 Å². The Morgan fingerprint density at radius 2 is 2.25 bits per heavy atom. The SMILES string of the molecule is CC(=O)c1cc(Br)cc(N)c1OC(C)C#N. The normalized spacial score (nSPS) is 11.6. The molecule has 16 heavy (non-hydrogen) atoms. The van der Waals surface area contributed by atoms with Crippen molar-refractivity contribution in [2.75, 3.05) is 5.73 Å². The Bertz CT molecular complexity index is 466. The number of hydrogen-bond donors (Lipinski definition) is 1. The van der Waals surface area contributed by atoms with Gasteiger partial charge in [-0.2, -0.15) is 5.26 Å². The third-order valence-electron chi connectivity index (χ3n) is 1.94. The molecular formula is C11H11BrN2O2. The Morgan fingerprint density at radius 1 is 1.62 bits per heavy atom. The van der Waals surface area contributed by atoms with Gasteiger partial charge in [-0.05, 0) is 26.0 Å². The van der Waals surface area contributed by atoms with E-state index in [9.17, 15) is 4.79 Å². The molecule has 1 atom stereocenters. The summed E-state index contributed by atoms with van der Waals surface area (Å²) < 4.78 is 6.02. The number of nitrogens with zero attached hydrogens (tertiary/aromatic N) is 1. The van der Waals surface area contributed by atoms with Gasteiger partial charge in [-0.1, -0.05) is 15.9 Å². The van der Waals surface area contributed by atoms with Crippen molar-refractivity contribution < 1.29 is 9.53 Å². The van der Waals surface area contributed by atoms with E-state index in [1.807, 2.05) is 6.07 Å². The smallest absolute Gasteiger partial charge is 0.181 e. The molecule has 0 aromatic heterocycles. The summed E-state index contributed by atoms with van der Waals surface area (Å²) in [5.74, 6) is 0.109. The molecule has 0 aliphatic rings. The van der Waals surface area contributed by atoms with E-state index in [0.717, 1.165) is 0 Å². The quantitative estimate of drug-likeness (QED) is 0.683. The van der Waals surface area contributed by atoms with Crippen LogP contribution in [0.25, 0.3) is 0 Å². The molecule has 0 fully saturated rings. The van der Waals surface area contributed by atoms with E-state index in [1.54, 1.807) is 19.1 Å². The van der Waals surface area contributed by atoms with E-state index < -0.39 is 6.10 Å². The maximum Gasteiger partial charge on any atom is 0.181 e. The standard InChI is InChI=1S/C11H11BrN2O2/c1-6(5-13)16-11-9(7(2)15)3-8(12)4-10(11)14/h3-4,6H,14H2,1-2H3. The van der Waals surface area contributed by atoms with Crippen LogP contribution in [0.5, 0.6) is 5.75 Å². The molecule has 2 N–H and O–H groups in total. The lowest BCUT2D eigenvalue weighted by molar-refractivity contribution is 0.101. The molecule has 5 heteroatoms. The third-order valence-corrected chi connectivity index (χ3v) is 2.40. The number of hydrogen-bond acceptors (Lipinski definition) is 4. The summed E-state index contributed by atoms with van der Waals surface area (Å²) in [7, 11) is 0. The highest BCUT2D eigenvalue weighted by Crippen LogP contribution is 2.31. The van der Waals surface area contributed by atoms with Gasteiger partial charge < -0.3 is 10.5 Å². The fourth-order valence-corrected chi connectivity index (χ4v) is 1.69. The van der Waals surface area contributed by atoms with Gasteiger partial charge in [0.1, 0.15) is 6.07 Å². The van der Waals surface area contributed by atoms with Crippen molar-refractivity contribution in [1.82, 2.24) is 0 Å². The maximum absolute atomic E-state index is 11.4. The molecule has 1 unspecified atom stereocenters. The van der Waals surface area contributed by atoms with Gasteiger partial charge >= 0.3 is 0 Å². The Balaban J connectivity index is 3.25. The number of nitrogens with two attached hydrogens (primary N) is 1. The molecule has 84 valence electrons. The summed E-state index contributed by atoms with van der Waals surface area (Å²) >= 11 is 3.25. The van der Waals surface area contributed by atoms with E-state index in [0.29, 0.717) is 15.7 Å². The van der Waals surface area contributed by atoms with Gasteiger partial charge in [0.25, 0.3) is 0 Å². The zero-order valence-corrected chi connectivity index (χ0v) is 10.5. The molecule has 0 amide bonds. The van der Waals surface area contributed by atoms with Crippen molar-refractivity contribution in [2.45, 2.75) is 20.0 Å². The molecular weight excluding hydrogens is 272 g/mol. The van der Waals surface area contributed by atoms with Crippen LogP contribution >= 0.6 is 15.9 Å². The number of nitriles is 1. The summed E-state index contributed by atoms with van der Waals surface area (Å²) in [6.07, 6.45) is -0.651. The lowest BCUT2D eigenvalue weighted by atomic mass is 10.1. The first-order valence-corrected chi connectivity index (χ1v) is 5.41. The molecule has 1 aromatic carbocycles. The number of anilines is 1. The average molecular weight is 283 g/mol. The molecule has 0 aliphatic heterocycles. The second-order valence-corrected chi connectivity index (χ2v) is 4.23. The molecule has 1 aromatic rings. The predicted molar refractivity (Wildman–Crippen MR) is 64.3 cm³/mol. The van der Waals surface area contributed by atoms with Crippen molar-refractivity contribution >= 4 is 27.4 Å². The Labute approximate surface area is 102 Å². The minimum atomic E-state index is -0.651. The van der Waals surface area contributed by atoms with E-state index in [4.69, 9.17) is 15.7 Å². The van der Waals surface area contributed by atoms with E-state index in [-0.39, 0.29) is 11.5 Å². The number of Topliss-reactive ketones (excluding diaryl/α,β-unsaturated/α-hetero) is 1. The maximum atomic E-state index is 11.4. The third kappa shape index (κ3) is 2.74. The minimum Gasteiger partial charge on any atom is -0.473 e. The number of carbonyl (C=O) groups excluding carboxylic acids is 1. The van der Waals surface area contributed by atoms with Crippen LogP contribution in [0.4, 0.5) is 5.69 Å². The van der Waals surface area contributed by atoms with Crippen LogP contribution in [0.1, 0.15) is 24.2 Å². The zero-order chi connectivity index (χ0) is 12.3. The Morgan fingerprint density at radius 3 is 2.75 bits per heavy atom. The molecule has 0 bridgehead atoms. The molecule has 4 nitrogen and oxygen atoms in total. The van der Waals surface area contributed by atoms with Crippen molar-refractivity contribution in [2.24, 2.45) is 0 Å². The van der Waals surface area contributed by atoms with Gasteiger partial charge in [0.15, 0.2) is 17.6 Å². The number of benzene rings is 1. The van der Waals surface area contributed by atoms with Gasteiger partial charge in [0.2, 0.25) is 0 Å². The van der Waals surface area contributed by atoms with Gasteiger partial charge in [-0.25, -0.2) is 0 Å². The van der Waals surface area contributed by atoms with Crippen LogP contribution in [0.15, 0.2) is 16.6 Å². The van der Waals surface area contributed by atoms with E-state index in [1.165, 1.54) is 6.92 Å². The van der Waals surface area contributed by atoms with Crippen molar-refractivity contribution in [1.29, 1.82) is 5.26 Å². The van der Waals surface area contributed by atoms with Crippen LogP contribution in [-0.4, -0.2) is 11.9 Å². The first-order chi connectivity index (χ1) is 7.45. The summed E-state index contributed by atoms with van der Waals surface area (Å²) in [5.41, 5.74) is 6.45. The van der Waals surface area contributed by atoms with Crippen LogP contribution in [-0.2, 0) is 0 Å². The number of ketones is 1. The van der Waals surface area contributed by atoms with Gasteiger partial charge in [-0.3, -0.25) is 4.79 Å². The summed E-state index contributed by atoms with van der Waals surface area (Å²) in [6.45, 7) is 3.01. The topological polar surface area (TPSA) is 76.1 Å². The van der Waals surface area contributed by atoms with Gasteiger partial charge in [0.05, 0.1) is 11.3 Å². The second kappa shape index (κ2) is 4.99. The number of nitrogen functional groups attached to an aromatic ring is 1. The van der Waals surface area contributed by atoms with Crippen LogP contribution in [0, 0.1) is 11.3 Å². The van der Waals surface area contributed by atoms with Crippen molar-refractivity contribution in [3.05, 3.63) is 22.2 Å². The lowest BCUT2D eigenvalue weighted by Crippen LogP contribution is -2.12. The summed E-state index contributed by atoms with van der Waals surface area (Å²) in [5, 5.41) is 8.66. The molecule has 0 saturated carbocycles. The molecule has 0 heterocycles. The number of halogens is 1. The predicted octanol–water partition coefficient (Wildman–Crippen LogP) is 2.52. The monoisotopic (exact) mass is 282 g/mol. The van der Waals surface area contributed by atoms with Gasteiger partial charge in [-0.15, -0.1) is 0 Å². The zero-order valence-electron chi connectivity index (χ0n) is 8.95. The molecule has 0 aliphatic carbocycles. The highest BCUT2D eigenvalue weighted by atomic mass is 79.9. The Hall–Kier alpha value is -1.54.